The third kappa shape index (κ3) is 3.05. The summed E-state index contributed by atoms with van der Waals surface area (Å²) < 4.78 is 0.959. The molecule has 0 spiro atoms. The van der Waals surface area contributed by atoms with Crippen molar-refractivity contribution in [3.05, 3.63) is 51.5 Å². The van der Waals surface area contributed by atoms with Gasteiger partial charge in [0, 0.05) is 10.2 Å². The van der Waals surface area contributed by atoms with Gasteiger partial charge in [-0.15, -0.1) is 0 Å². The molecule has 1 N–H and O–H groups in total. The van der Waals surface area contributed by atoms with Crippen molar-refractivity contribution < 1.29 is 4.79 Å². The number of halogens is 2. The minimum Gasteiger partial charge on any atom is -0.320 e. The summed E-state index contributed by atoms with van der Waals surface area (Å²) in [5.74, 6) is -0.338. The third-order valence-corrected chi connectivity index (χ3v) is 2.95. The smallest absolute Gasteiger partial charge is 0.275 e. The largest absolute Gasteiger partial charge is 0.320 e. The minimum absolute atomic E-state index is 0.185. The van der Waals surface area contributed by atoms with E-state index >= 15 is 0 Å². The minimum atomic E-state index is -0.338. The Morgan fingerprint density at radius 3 is 2.83 bits per heavy atom. The van der Waals surface area contributed by atoms with Crippen molar-refractivity contribution in [3.63, 3.8) is 0 Å². The molecule has 6 heteroatoms. The number of hydrogen-bond acceptors (Lipinski definition) is 3. The van der Waals surface area contributed by atoms with Crippen LogP contribution in [0.1, 0.15) is 16.1 Å². The van der Waals surface area contributed by atoms with Crippen molar-refractivity contribution in [2.45, 2.75) is 6.92 Å². The number of carbonyl (C=O) groups is 1. The van der Waals surface area contributed by atoms with Crippen molar-refractivity contribution in [2.24, 2.45) is 0 Å². The molecule has 2 aromatic rings. The Hall–Kier alpha value is -1.46. The predicted octanol–water partition coefficient (Wildman–Crippen LogP) is 3.45. The molecule has 0 aliphatic heterocycles. The fourth-order valence-corrected chi connectivity index (χ4v) is 2.03. The Bertz CT molecular complexity index is 604. The fourth-order valence-electron chi connectivity index (χ4n) is 1.41. The molecule has 1 amide bonds. The number of aryl methyl sites for hydroxylation is 1. The van der Waals surface area contributed by atoms with Crippen molar-refractivity contribution in [1.82, 2.24) is 9.97 Å². The van der Waals surface area contributed by atoms with Crippen LogP contribution in [0.15, 0.2) is 35.1 Å². The molecule has 1 aromatic heterocycles. The Labute approximate surface area is 118 Å². The van der Waals surface area contributed by atoms with Crippen molar-refractivity contribution >= 4 is 39.1 Å². The summed E-state index contributed by atoms with van der Waals surface area (Å²) in [4.78, 5) is 19.6. The van der Waals surface area contributed by atoms with Gasteiger partial charge in [-0.2, -0.15) is 0 Å². The molecule has 4 nitrogen and oxygen atoms in total. The Balaban J connectivity index is 2.21. The normalized spacial score (nSPS) is 10.2. The quantitative estimate of drug-likeness (QED) is 0.919. The summed E-state index contributed by atoms with van der Waals surface area (Å²) in [5, 5.41) is 2.95. The summed E-state index contributed by atoms with van der Waals surface area (Å²) in [6.45, 7) is 1.91. The van der Waals surface area contributed by atoms with Crippen molar-refractivity contribution in [1.29, 1.82) is 0 Å². The average molecular weight is 327 g/mol. The zero-order valence-corrected chi connectivity index (χ0v) is 11.8. The molecule has 92 valence electrons. The molecule has 0 bridgehead atoms. The highest BCUT2D eigenvalue weighted by Crippen LogP contribution is 2.20. The molecule has 0 unspecified atom stereocenters. The van der Waals surface area contributed by atoms with Crippen LogP contribution in [0, 0.1) is 6.92 Å². The number of aromatic nitrogens is 2. The molecule has 1 heterocycles. The van der Waals surface area contributed by atoms with Crippen LogP contribution in [0.3, 0.4) is 0 Å². The first-order valence-electron chi connectivity index (χ1n) is 5.11. The summed E-state index contributed by atoms with van der Waals surface area (Å²) in [6.07, 6.45) is 2.75. The fraction of sp³-hybridized carbons (Fsp3) is 0.0833. The SMILES string of the molecule is Cc1cc(Br)ccc1NC(=O)c1cncc(Cl)n1. The van der Waals surface area contributed by atoms with E-state index in [-0.39, 0.29) is 16.8 Å². The maximum absolute atomic E-state index is 11.9. The van der Waals surface area contributed by atoms with Gasteiger partial charge in [-0.3, -0.25) is 9.78 Å². The lowest BCUT2D eigenvalue weighted by Crippen LogP contribution is -2.14. The zero-order chi connectivity index (χ0) is 13.1. The molecule has 0 atom stereocenters. The average Bonchev–Trinajstić information content (AvgIpc) is 2.32. The van der Waals surface area contributed by atoms with Gasteiger partial charge in [-0.05, 0) is 30.7 Å². The number of nitrogens with zero attached hydrogens (tertiary/aromatic N) is 2. The number of hydrogen-bond donors (Lipinski definition) is 1. The van der Waals surface area contributed by atoms with E-state index in [9.17, 15) is 4.79 Å². The number of carbonyl (C=O) groups excluding carboxylic acids is 1. The van der Waals surface area contributed by atoms with Crippen LogP contribution in [0.5, 0.6) is 0 Å². The zero-order valence-electron chi connectivity index (χ0n) is 9.45. The van der Waals surface area contributed by atoms with E-state index < -0.39 is 0 Å². The number of anilines is 1. The second-order valence-electron chi connectivity index (χ2n) is 3.64. The topological polar surface area (TPSA) is 54.9 Å². The van der Waals surface area contributed by atoms with Crippen LogP contribution in [-0.2, 0) is 0 Å². The lowest BCUT2D eigenvalue weighted by Gasteiger charge is -2.08. The van der Waals surface area contributed by atoms with Gasteiger partial charge in [0.15, 0.2) is 0 Å². The lowest BCUT2D eigenvalue weighted by molar-refractivity contribution is 0.102. The molecule has 0 aliphatic carbocycles. The van der Waals surface area contributed by atoms with E-state index in [0.29, 0.717) is 0 Å². The molecular weight excluding hydrogens is 318 g/mol. The molecule has 0 saturated heterocycles. The Kier molecular flexibility index (Phi) is 3.93. The maximum atomic E-state index is 11.9. The van der Waals surface area contributed by atoms with Gasteiger partial charge in [-0.25, -0.2) is 4.98 Å². The molecule has 1 aromatic carbocycles. The van der Waals surface area contributed by atoms with Crippen LogP contribution in [0.25, 0.3) is 0 Å². The van der Waals surface area contributed by atoms with E-state index in [1.165, 1.54) is 12.4 Å². The number of benzene rings is 1. The van der Waals surface area contributed by atoms with Gasteiger partial charge in [0.05, 0.1) is 12.4 Å². The molecule has 0 aliphatic rings. The van der Waals surface area contributed by atoms with Gasteiger partial charge in [-0.1, -0.05) is 27.5 Å². The molecule has 0 radical (unpaired) electrons. The Morgan fingerprint density at radius 2 is 2.17 bits per heavy atom. The molecule has 2 rings (SSSR count). The van der Waals surface area contributed by atoms with E-state index in [1.807, 2.05) is 25.1 Å². The van der Waals surface area contributed by atoms with Crippen LogP contribution < -0.4 is 5.32 Å². The maximum Gasteiger partial charge on any atom is 0.275 e. The second-order valence-corrected chi connectivity index (χ2v) is 4.94. The van der Waals surface area contributed by atoms with E-state index in [4.69, 9.17) is 11.6 Å². The van der Waals surface area contributed by atoms with Gasteiger partial charge in [0.1, 0.15) is 10.8 Å². The highest BCUT2D eigenvalue weighted by atomic mass is 79.9. The van der Waals surface area contributed by atoms with Crippen LogP contribution in [-0.4, -0.2) is 15.9 Å². The highest BCUT2D eigenvalue weighted by molar-refractivity contribution is 9.10. The van der Waals surface area contributed by atoms with Crippen LogP contribution in [0.2, 0.25) is 5.15 Å². The first kappa shape index (κ1) is 13.0. The summed E-state index contributed by atoms with van der Waals surface area (Å²) in [6, 6.07) is 5.58. The van der Waals surface area contributed by atoms with Gasteiger partial charge >= 0.3 is 0 Å². The van der Waals surface area contributed by atoms with Gasteiger partial charge in [0.2, 0.25) is 0 Å². The molecular formula is C12H9BrClN3O. The van der Waals surface area contributed by atoms with Gasteiger partial charge < -0.3 is 5.32 Å². The van der Waals surface area contributed by atoms with E-state index in [0.717, 1.165) is 15.7 Å². The van der Waals surface area contributed by atoms with E-state index in [2.05, 4.69) is 31.2 Å². The third-order valence-electron chi connectivity index (χ3n) is 2.27. The summed E-state index contributed by atoms with van der Waals surface area (Å²) in [7, 11) is 0. The monoisotopic (exact) mass is 325 g/mol. The highest BCUT2D eigenvalue weighted by Gasteiger charge is 2.10. The van der Waals surface area contributed by atoms with Crippen molar-refractivity contribution in [3.8, 4) is 0 Å². The summed E-state index contributed by atoms with van der Waals surface area (Å²) >= 11 is 9.05. The molecule has 0 saturated carbocycles. The number of nitrogens with one attached hydrogen (secondary N) is 1. The number of amides is 1. The Morgan fingerprint density at radius 1 is 1.39 bits per heavy atom. The van der Waals surface area contributed by atoms with E-state index in [1.54, 1.807) is 0 Å². The first-order valence-corrected chi connectivity index (χ1v) is 6.28. The predicted molar refractivity (Wildman–Crippen MR) is 73.9 cm³/mol. The molecule has 18 heavy (non-hydrogen) atoms. The standard InChI is InChI=1S/C12H9BrClN3O/c1-7-4-8(13)2-3-9(7)17-12(18)10-5-15-6-11(14)16-10/h2-6H,1H3,(H,17,18). The lowest BCUT2D eigenvalue weighted by atomic mass is 10.2. The second kappa shape index (κ2) is 5.46. The van der Waals surface area contributed by atoms with Crippen LogP contribution in [0.4, 0.5) is 5.69 Å². The number of rotatable bonds is 2. The van der Waals surface area contributed by atoms with Crippen LogP contribution >= 0.6 is 27.5 Å². The molecule has 0 fully saturated rings. The van der Waals surface area contributed by atoms with Gasteiger partial charge in [0.25, 0.3) is 5.91 Å². The van der Waals surface area contributed by atoms with Crippen molar-refractivity contribution in [2.75, 3.05) is 5.32 Å². The first-order chi connectivity index (χ1) is 8.56. The summed E-state index contributed by atoms with van der Waals surface area (Å²) in [5.41, 5.74) is 1.86.